The molecule has 127 valence electrons. The first kappa shape index (κ1) is 24.3. The number of rotatable bonds is 8. The van der Waals surface area contributed by atoms with Crippen molar-refractivity contribution in [2.45, 2.75) is 37.8 Å². The second-order valence-electron chi connectivity index (χ2n) is 3.75. The van der Waals surface area contributed by atoms with E-state index in [1.165, 1.54) is 0 Å². The zero-order valence-corrected chi connectivity index (χ0v) is 11.8. The number of nitrogens with two attached hydrogens (primary N) is 2. The Morgan fingerprint density at radius 3 is 1.10 bits per heavy atom. The SMILES string of the molecule is NC(CCC(=O)O)C(=O)O.NC(CCC(=O)O)C(=O)O.[Cu]. The molecule has 0 fully saturated rings. The molecular weight excluding hydrogens is 340 g/mol. The summed E-state index contributed by atoms with van der Waals surface area (Å²) in [7, 11) is 0. The molecular formula is C10H18CuN2O8. The molecule has 0 saturated heterocycles. The van der Waals surface area contributed by atoms with Crippen molar-refractivity contribution in [2.75, 3.05) is 0 Å². The van der Waals surface area contributed by atoms with Gasteiger partial charge >= 0.3 is 23.9 Å². The van der Waals surface area contributed by atoms with Crippen molar-refractivity contribution >= 4 is 23.9 Å². The largest absolute Gasteiger partial charge is 0.481 e. The summed E-state index contributed by atoms with van der Waals surface area (Å²) < 4.78 is 0. The van der Waals surface area contributed by atoms with Crippen molar-refractivity contribution in [3.63, 3.8) is 0 Å². The molecule has 11 heteroatoms. The fourth-order valence-electron chi connectivity index (χ4n) is 0.805. The average Bonchev–Trinajstić information content (AvgIpc) is 2.33. The van der Waals surface area contributed by atoms with Gasteiger partial charge in [-0.15, -0.1) is 0 Å². The molecule has 0 aliphatic heterocycles. The number of carboxylic acid groups (broad SMARTS) is 4. The van der Waals surface area contributed by atoms with E-state index in [9.17, 15) is 19.2 Å². The Morgan fingerprint density at radius 2 is 0.952 bits per heavy atom. The maximum Gasteiger partial charge on any atom is 0.320 e. The van der Waals surface area contributed by atoms with Gasteiger partial charge in [-0.25, -0.2) is 0 Å². The number of hydrogen-bond donors (Lipinski definition) is 6. The van der Waals surface area contributed by atoms with E-state index in [0.29, 0.717) is 0 Å². The predicted molar refractivity (Wildman–Crippen MR) is 65.0 cm³/mol. The first-order chi connectivity index (χ1) is 9.07. The summed E-state index contributed by atoms with van der Waals surface area (Å²) in [6.45, 7) is 0. The molecule has 2 atom stereocenters. The van der Waals surface area contributed by atoms with Crippen LogP contribution in [0.3, 0.4) is 0 Å². The van der Waals surface area contributed by atoms with Crippen LogP contribution in [0.5, 0.6) is 0 Å². The Morgan fingerprint density at radius 1 is 0.714 bits per heavy atom. The minimum absolute atomic E-state index is 0. The Bertz CT molecular complexity index is 329. The van der Waals surface area contributed by atoms with Gasteiger partial charge in [0.1, 0.15) is 12.1 Å². The standard InChI is InChI=1S/2C5H9NO4.Cu/c2*6-3(5(9)10)1-2-4(7)8;/h2*3H,1-2,6H2,(H,7,8)(H,9,10);. The molecule has 0 aromatic carbocycles. The van der Waals surface area contributed by atoms with E-state index in [1.807, 2.05) is 0 Å². The minimum atomic E-state index is -1.17. The molecule has 8 N–H and O–H groups in total. The van der Waals surface area contributed by atoms with Gasteiger partial charge in [0.05, 0.1) is 0 Å². The number of aliphatic carboxylic acids is 4. The molecule has 0 amide bonds. The summed E-state index contributed by atoms with van der Waals surface area (Å²) in [4.78, 5) is 39.7. The van der Waals surface area contributed by atoms with Gasteiger partial charge in [-0.1, -0.05) is 0 Å². The number of carboxylic acids is 4. The fourth-order valence-corrected chi connectivity index (χ4v) is 0.805. The molecule has 0 heterocycles. The van der Waals surface area contributed by atoms with Crippen LogP contribution in [0.15, 0.2) is 0 Å². The summed E-state index contributed by atoms with van der Waals surface area (Å²) in [5, 5.41) is 32.5. The topological polar surface area (TPSA) is 201 Å². The molecule has 0 bridgehead atoms. The van der Waals surface area contributed by atoms with Gasteiger partial charge in [0.2, 0.25) is 0 Å². The van der Waals surface area contributed by atoms with E-state index in [1.54, 1.807) is 0 Å². The summed E-state index contributed by atoms with van der Waals surface area (Å²) in [5.41, 5.74) is 10.0. The van der Waals surface area contributed by atoms with Crippen molar-refractivity contribution in [1.29, 1.82) is 0 Å². The Balaban J connectivity index is -0.000000295. The van der Waals surface area contributed by atoms with E-state index in [0.717, 1.165) is 0 Å². The molecule has 2 unspecified atom stereocenters. The number of carbonyl (C=O) groups is 4. The first-order valence-electron chi connectivity index (χ1n) is 5.48. The second-order valence-corrected chi connectivity index (χ2v) is 3.75. The van der Waals surface area contributed by atoms with Gasteiger partial charge in [0.25, 0.3) is 0 Å². The maximum atomic E-state index is 9.99. The quantitative estimate of drug-likeness (QED) is 0.278. The molecule has 21 heavy (non-hydrogen) atoms. The van der Waals surface area contributed by atoms with E-state index in [-0.39, 0.29) is 42.8 Å². The first-order valence-corrected chi connectivity index (χ1v) is 5.48. The van der Waals surface area contributed by atoms with Gasteiger partial charge < -0.3 is 31.9 Å². The molecule has 0 spiro atoms. The molecule has 0 aromatic heterocycles. The Labute approximate surface area is 130 Å². The van der Waals surface area contributed by atoms with Crippen LogP contribution in [0.25, 0.3) is 0 Å². The molecule has 10 nitrogen and oxygen atoms in total. The van der Waals surface area contributed by atoms with Crippen LogP contribution in [-0.4, -0.2) is 56.4 Å². The summed E-state index contributed by atoms with van der Waals surface area (Å²) in [6.07, 6.45) is -0.448. The van der Waals surface area contributed by atoms with Gasteiger partial charge in [-0.05, 0) is 12.8 Å². The third-order valence-corrected chi connectivity index (χ3v) is 1.97. The van der Waals surface area contributed by atoms with E-state index >= 15 is 0 Å². The summed E-state index contributed by atoms with van der Waals surface area (Å²) >= 11 is 0. The van der Waals surface area contributed by atoms with Crippen LogP contribution in [0, 0.1) is 0 Å². The van der Waals surface area contributed by atoms with Crippen LogP contribution in [-0.2, 0) is 36.2 Å². The van der Waals surface area contributed by atoms with Crippen molar-refractivity contribution in [1.82, 2.24) is 0 Å². The third kappa shape index (κ3) is 18.3. The monoisotopic (exact) mass is 357 g/mol. The van der Waals surface area contributed by atoms with Crippen molar-refractivity contribution < 1.29 is 56.7 Å². The van der Waals surface area contributed by atoms with E-state index < -0.39 is 36.0 Å². The van der Waals surface area contributed by atoms with Crippen LogP contribution in [0.4, 0.5) is 0 Å². The van der Waals surface area contributed by atoms with Crippen molar-refractivity contribution in [2.24, 2.45) is 11.5 Å². The third-order valence-electron chi connectivity index (χ3n) is 1.97. The molecule has 0 aliphatic rings. The number of hydrogen-bond acceptors (Lipinski definition) is 6. The summed E-state index contributed by atoms with van der Waals surface area (Å²) in [6, 6.07) is -2.12. The van der Waals surface area contributed by atoms with Crippen molar-refractivity contribution in [3.05, 3.63) is 0 Å². The molecule has 0 rings (SSSR count). The smallest absolute Gasteiger partial charge is 0.320 e. The Hall–Kier alpha value is -1.68. The van der Waals surface area contributed by atoms with E-state index in [2.05, 4.69) is 0 Å². The normalized spacial score (nSPS) is 11.9. The predicted octanol–water partition coefficient (Wildman–Crippen LogP) is -1.48. The second kappa shape index (κ2) is 13.3. The van der Waals surface area contributed by atoms with Crippen LogP contribution in [0.2, 0.25) is 0 Å². The molecule has 1 radical (unpaired) electrons. The molecule has 0 saturated carbocycles. The van der Waals surface area contributed by atoms with Crippen LogP contribution >= 0.6 is 0 Å². The van der Waals surface area contributed by atoms with Crippen LogP contribution < -0.4 is 11.5 Å². The van der Waals surface area contributed by atoms with Crippen LogP contribution in [0.1, 0.15) is 25.7 Å². The zero-order chi connectivity index (χ0) is 16.3. The fraction of sp³-hybridized carbons (Fsp3) is 0.600. The molecule has 0 aromatic rings. The Kier molecular flexibility index (Phi) is 15.4. The van der Waals surface area contributed by atoms with Gasteiger partial charge in [0, 0.05) is 29.9 Å². The zero-order valence-electron chi connectivity index (χ0n) is 10.9. The average molecular weight is 358 g/mol. The van der Waals surface area contributed by atoms with Gasteiger partial charge in [-0.2, -0.15) is 0 Å². The van der Waals surface area contributed by atoms with Gasteiger partial charge in [-0.3, -0.25) is 19.2 Å². The molecule has 0 aliphatic carbocycles. The summed E-state index contributed by atoms with van der Waals surface area (Å²) in [5.74, 6) is -4.39. The maximum absolute atomic E-state index is 9.99. The van der Waals surface area contributed by atoms with Crippen molar-refractivity contribution in [3.8, 4) is 0 Å². The van der Waals surface area contributed by atoms with Gasteiger partial charge in [0.15, 0.2) is 0 Å². The van der Waals surface area contributed by atoms with E-state index in [4.69, 9.17) is 31.9 Å². The minimum Gasteiger partial charge on any atom is -0.481 e.